The molecule has 0 aliphatic rings. The molecule has 1 N–H and O–H groups in total. The van der Waals surface area contributed by atoms with E-state index < -0.39 is 11.2 Å². The lowest BCUT2D eigenvalue weighted by atomic mass is 9.82. The largest absolute Gasteiger partial charge is 0.427 e. The molecule has 2 heterocycles. The summed E-state index contributed by atoms with van der Waals surface area (Å²) < 4.78 is 10.5. The number of benzene rings is 3. The number of rotatable bonds is 5. The number of para-hydroxylation sites is 3. The van der Waals surface area contributed by atoms with Gasteiger partial charge in [-0.15, -0.1) is 0 Å². The van der Waals surface area contributed by atoms with Crippen molar-refractivity contribution in [2.24, 2.45) is 0 Å². The van der Waals surface area contributed by atoms with Crippen LogP contribution in [0.5, 0.6) is 0 Å². The molecule has 0 saturated heterocycles. The summed E-state index contributed by atoms with van der Waals surface area (Å²) in [5.41, 5.74) is 4.74. The van der Waals surface area contributed by atoms with E-state index in [0.717, 1.165) is 39.0 Å². The average molecular weight is 411 g/mol. The van der Waals surface area contributed by atoms with Crippen LogP contribution in [0.3, 0.4) is 0 Å². The van der Waals surface area contributed by atoms with Gasteiger partial charge in [0.15, 0.2) is 0 Å². The van der Waals surface area contributed by atoms with Crippen LogP contribution in [0.2, 0.25) is 0 Å². The van der Waals surface area contributed by atoms with E-state index in [2.05, 4.69) is 63.6 Å². The van der Waals surface area contributed by atoms with Gasteiger partial charge in [0.2, 0.25) is 5.78 Å². The zero-order valence-corrected chi connectivity index (χ0v) is 18.3. The third-order valence-corrected chi connectivity index (χ3v) is 6.35. The lowest BCUT2D eigenvalue weighted by molar-refractivity contribution is -0.0893. The highest BCUT2D eigenvalue weighted by molar-refractivity contribution is 6.47. The first-order valence-electron chi connectivity index (χ1n) is 10.6. The van der Waals surface area contributed by atoms with Gasteiger partial charge in [-0.3, -0.25) is 8.97 Å². The first-order chi connectivity index (χ1) is 14.8. The van der Waals surface area contributed by atoms with Crippen LogP contribution in [-0.2, 0) is 4.65 Å². The maximum atomic E-state index is 10.4. The topological polar surface area (TPSA) is 51.7 Å². The van der Waals surface area contributed by atoms with Gasteiger partial charge in [-0.05, 0) is 64.1 Å². The Morgan fingerprint density at radius 1 is 0.839 bits per heavy atom. The molecule has 0 fully saturated rings. The predicted octanol–water partition coefficient (Wildman–Crippen LogP) is 3.97. The Morgan fingerprint density at radius 3 is 2.23 bits per heavy atom. The van der Waals surface area contributed by atoms with Gasteiger partial charge in [0.25, 0.3) is 0 Å². The second-order valence-electron chi connectivity index (χ2n) is 9.09. The third kappa shape index (κ3) is 3.23. The van der Waals surface area contributed by atoms with E-state index >= 15 is 0 Å². The molecule has 0 unspecified atom stereocenters. The highest BCUT2D eigenvalue weighted by Crippen LogP contribution is 2.29. The molecule has 0 amide bonds. The van der Waals surface area contributed by atoms with E-state index in [1.54, 1.807) is 13.8 Å². The number of hydrogen-bond acceptors (Lipinski definition) is 3. The van der Waals surface area contributed by atoms with Gasteiger partial charge in [-0.1, -0.05) is 41.9 Å². The maximum absolute atomic E-state index is 10.4. The SMILES string of the molecule is CC(C)(O)C(C)(C)OBc1ccc2c(c1)nc1n(-c3ccccc3)c3ccccc3n21. The van der Waals surface area contributed by atoms with Crippen molar-refractivity contribution in [1.29, 1.82) is 0 Å². The molecular formula is C25H26BN3O2. The monoisotopic (exact) mass is 411 g/mol. The second kappa shape index (κ2) is 6.97. The summed E-state index contributed by atoms with van der Waals surface area (Å²) in [5, 5.41) is 10.4. The Labute approximate surface area is 182 Å². The molecule has 0 aliphatic heterocycles. The first kappa shape index (κ1) is 19.9. The van der Waals surface area contributed by atoms with Gasteiger partial charge in [0, 0.05) is 5.69 Å². The number of nitrogens with zero attached hydrogens (tertiary/aromatic N) is 3. The van der Waals surface area contributed by atoms with E-state index in [4.69, 9.17) is 9.64 Å². The summed E-state index contributed by atoms with van der Waals surface area (Å²) in [6.07, 6.45) is 0. The highest BCUT2D eigenvalue weighted by atomic mass is 16.5. The first-order valence-corrected chi connectivity index (χ1v) is 10.6. The fraction of sp³-hybridized carbons (Fsp3) is 0.240. The van der Waals surface area contributed by atoms with Gasteiger partial charge in [-0.2, -0.15) is 0 Å². The van der Waals surface area contributed by atoms with Crippen molar-refractivity contribution < 1.29 is 9.76 Å². The molecule has 5 aromatic rings. The number of hydrogen-bond donors (Lipinski definition) is 1. The van der Waals surface area contributed by atoms with E-state index in [9.17, 15) is 5.11 Å². The van der Waals surface area contributed by atoms with Crippen LogP contribution in [0.1, 0.15) is 27.7 Å². The summed E-state index contributed by atoms with van der Waals surface area (Å²) in [6, 6.07) is 24.9. The van der Waals surface area contributed by atoms with Crippen LogP contribution in [0.4, 0.5) is 0 Å². The number of aromatic nitrogens is 3. The zero-order valence-electron chi connectivity index (χ0n) is 18.3. The molecule has 0 spiro atoms. The molecule has 6 heteroatoms. The number of imidazole rings is 2. The van der Waals surface area contributed by atoms with Gasteiger partial charge < -0.3 is 9.76 Å². The molecular weight excluding hydrogens is 385 g/mol. The van der Waals surface area contributed by atoms with Gasteiger partial charge in [0.1, 0.15) is 0 Å². The fourth-order valence-corrected chi connectivity index (χ4v) is 3.81. The van der Waals surface area contributed by atoms with Crippen LogP contribution >= 0.6 is 0 Å². The molecule has 0 atom stereocenters. The van der Waals surface area contributed by atoms with E-state index in [1.165, 1.54) is 0 Å². The second-order valence-corrected chi connectivity index (χ2v) is 9.09. The van der Waals surface area contributed by atoms with Crippen LogP contribution in [-0.4, -0.2) is 37.7 Å². The van der Waals surface area contributed by atoms with Gasteiger partial charge in [-0.25, -0.2) is 4.98 Å². The Hall–Kier alpha value is -3.09. The lowest BCUT2D eigenvalue weighted by Gasteiger charge is -2.37. The van der Waals surface area contributed by atoms with Gasteiger partial charge >= 0.3 is 7.48 Å². The summed E-state index contributed by atoms with van der Waals surface area (Å²) in [5.74, 6) is 0.886. The quantitative estimate of drug-likeness (QED) is 0.446. The molecule has 3 aromatic carbocycles. The van der Waals surface area contributed by atoms with E-state index in [1.807, 2.05) is 32.0 Å². The van der Waals surface area contributed by atoms with Crippen LogP contribution in [0.25, 0.3) is 33.5 Å². The minimum atomic E-state index is -0.938. The normalized spacial score (nSPS) is 12.8. The van der Waals surface area contributed by atoms with Crippen molar-refractivity contribution >= 4 is 40.8 Å². The minimum Gasteiger partial charge on any atom is -0.427 e. The minimum absolute atomic E-state index is 0.411. The van der Waals surface area contributed by atoms with Crippen LogP contribution in [0.15, 0.2) is 72.8 Å². The molecule has 5 nitrogen and oxygen atoms in total. The van der Waals surface area contributed by atoms with Crippen molar-refractivity contribution in [1.82, 2.24) is 14.0 Å². The van der Waals surface area contributed by atoms with Crippen LogP contribution < -0.4 is 5.46 Å². The van der Waals surface area contributed by atoms with Crippen molar-refractivity contribution in [2.45, 2.75) is 38.9 Å². The predicted molar refractivity (Wildman–Crippen MR) is 128 cm³/mol. The average Bonchev–Trinajstić information content (AvgIpc) is 3.26. The molecule has 0 aliphatic carbocycles. The Bertz CT molecular complexity index is 1390. The van der Waals surface area contributed by atoms with Crippen molar-refractivity contribution in [3.8, 4) is 5.69 Å². The Balaban J connectivity index is 1.64. The summed E-state index contributed by atoms with van der Waals surface area (Å²) in [6.45, 7) is 7.36. The van der Waals surface area contributed by atoms with E-state index in [0.29, 0.717) is 7.48 Å². The molecule has 156 valence electrons. The fourth-order valence-electron chi connectivity index (χ4n) is 3.81. The number of fused-ring (bicyclic) bond motifs is 5. The Morgan fingerprint density at radius 2 is 1.52 bits per heavy atom. The van der Waals surface area contributed by atoms with Crippen molar-refractivity contribution in [2.75, 3.05) is 0 Å². The van der Waals surface area contributed by atoms with Crippen molar-refractivity contribution in [3.05, 3.63) is 72.8 Å². The summed E-state index contributed by atoms with van der Waals surface area (Å²) >= 11 is 0. The molecule has 2 aromatic heterocycles. The zero-order chi connectivity index (χ0) is 21.8. The van der Waals surface area contributed by atoms with Crippen molar-refractivity contribution in [3.63, 3.8) is 0 Å². The molecule has 5 rings (SSSR count). The standard InChI is InChI=1S/C25H26BN3O2/c1-24(2,30)25(3,4)31-26-17-14-15-20-19(16-17)27-23-28(18-10-6-5-7-11-18)21-12-8-9-13-22(21)29(20)23/h5-16,26,30H,1-4H3. The third-order valence-electron chi connectivity index (χ3n) is 6.35. The molecule has 0 saturated carbocycles. The smallest absolute Gasteiger partial charge is 0.309 e. The molecule has 0 bridgehead atoms. The Kier molecular flexibility index (Phi) is 4.47. The van der Waals surface area contributed by atoms with Gasteiger partial charge in [0.05, 0.1) is 33.3 Å². The highest BCUT2D eigenvalue weighted by Gasteiger charge is 2.35. The van der Waals surface area contributed by atoms with Crippen LogP contribution in [0, 0.1) is 0 Å². The maximum Gasteiger partial charge on any atom is 0.309 e. The molecule has 31 heavy (non-hydrogen) atoms. The van der Waals surface area contributed by atoms with E-state index in [-0.39, 0.29) is 0 Å². The number of aliphatic hydroxyl groups is 1. The summed E-state index contributed by atoms with van der Waals surface area (Å²) in [7, 11) is 0.411. The molecule has 0 radical (unpaired) electrons. The lowest BCUT2D eigenvalue weighted by Crippen LogP contribution is -2.49. The summed E-state index contributed by atoms with van der Waals surface area (Å²) in [4.78, 5) is 5.00.